The Morgan fingerprint density at radius 3 is 2.24 bits per heavy atom. The summed E-state index contributed by atoms with van der Waals surface area (Å²) >= 11 is 0. The Labute approximate surface area is 118 Å². The van der Waals surface area contributed by atoms with Crippen molar-refractivity contribution in [3.05, 3.63) is 29.3 Å². The van der Waals surface area contributed by atoms with Crippen molar-refractivity contribution in [2.24, 2.45) is 5.84 Å². The second-order valence-electron chi connectivity index (χ2n) is 4.14. The van der Waals surface area contributed by atoms with Crippen LogP contribution in [-0.4, -0.2) is 47.3 Å². The predicted molar refractivity (Wildman–Crippen MR) is 69.3 cm³/mol. The van der Waals surface area contributed by atoms with Gasteiger partial charge in [-0.2, -0.15) is 13.2 Å². The van der Waals surface area contributed by atoms with Crippen molar-refractivity contribution in [1.82, 2.24) is 4.90 Å². The molecule has 0 fully saturated rings. The van der Waals surface area contributed by atoms with Crippen LogP contribution in [0, 0.1) is 0 Å². The van der Waals surface area contributed by atoms with Gasteiger partial charge in [0.25, 0.3) is 5.91 Å². The second kappa shape index (κ2) is 7.25. The number of nitrogen functional groups attached to an aromatic ring is 1. The lowest BCUT2D eigenvalue weighted by molar-refractivity contribution is -0.137. The molecule has 0 saturated heterocycles. The third kappa shape index (κ3) is 4.31. The topological polar surface area (TPSA) is 98.8 Å². The SMILES string of the molecule is NNc1ccc(C(=O)N(CCO)CCO)cc1C(F)(F)F. The van der Waals surface area contributed by atoms with E-state index in [1.54, 1.807) is 0 Å². The Morgan fingerprint density at radius 1 is 1.24 bits per heavy atom. The van der Waals surface area contributed by atoms with Crippen LogP contribution >= 0.6 is 0 Å². The maximum atomic E-state index is 12.9. The van der Waals surface area contributed by atoms with Gasteiger partial charge in [-0.25, -0.2) is 0 Å². The standard InChI is InChI=1S/C12H16F3N3O3/c13-12(14,15)9-7-8(1-2-10(9)17-16)11(21)18(3-5-19)4-6-20/h1-2,7,17,19-20H,3-6,16H2. The lowest BCUT2D eigenvalue weighted by Gasteiger charge is -2.21. The van der Waals surface area contributed by atoms with Crippen LogP contribution < -0.4 is 11.3 Å². The van der Waals surface area contributed by atoms with Crippen LogP contribution in [-0.2, 0) is 6.18 Å². The third-order valence-electron chi connectivity index (χ3n) is 2.75. The first-order valence-corrected chi connectivity index (χ1v) is 6.04. The zero-order chi connectivity index (χ0) is 16.0. The molecular weight excluding hydrogens is 291 g/mol. The number of hydrogen-bond acceptors (Lipinski definition) is 5. The van der Waals surface area contributed by atoms with Crippen LogP contribution in [0.5, 0.6) is 0 Å². The molecule has 5 N–H and O–H groups in total. The van der Waals surface area contributed by atoms with Gasteiger partial charge >= 0.3 is 6.18 Å². The van der Waals surface area contributed by atoms with Gasteiger partial charge in [0.2, 0.25) is 0 Å². The second-order valence-corrected chi connectivity index (χ2v) is 4.14. The molecule has 118 valence electrons. The molecule has 1 rings (SSSR count). The van der Waals surface area contributed by atoms with E-state index in [2.05, 4.69) is 0 Å². The fourth-order valence-corrected chi connectivity index (χ4v) is 1.78. The lowest BCUT2D eigenvalue weighted by atomic mass is 10.1. The molecule has 0 aliphatic rings. The van der Waals surface area contributed by atoms with E-state index in [0.717, 1.165) is 11.0 Å². The van der Waals surface area contributed by atoms with Crippen molar-refractivity contribution in [3.63, 3.8) is 0 Å². The van der Waals surface area contributed by atoms with E-state index >= 15 is 0 Å². The molecule has 0 aliphatic carbocycles. The summed E-state index contributed by atoms with van der Waals surface area (Å²) in [6.45, 7) is -0.893. The number of nitrogens with two attached hydrogens (primary N) is 1. The molecule has 0 aromatic heterocycles. The predicted octanol–water partition coefficient (Wildman–Crippen LogP) is 0.418. The summed E-state index contributed by atoms with van der Waals surface area (Å²) in [6.07, 6.45) is -4.67. The molecule has 9 heteroatoms. The quantitative estimate of drug-likeness (QED) is 0.451. The van der Waals surface area contributed by atoms with E-state index in [1.807, 2.05) is 5.43 Å². The van der Waals surface area contributed by atoms with Gasteiger partial charge in [0.1, 0.15) is 0 Å². The summed E-state index contributed by atoms with van der Waals surface area (Å²) in [4.78, 5) is 13.1. The summed E-state index contributed by atoms with van der Waals surface area (Å²) in [5.74, 6) is 4.30. The third-order valence-corrected chi connectivity index (χ3v) is 2.75. The van der Waals surface area contributed by atoms with Crippen LogP contribution in [0.15, 0.2) is 18.2 Å². The van der Waals surface area contributed by atoms with Crippen LogP contribution in [0.1, 0.15) is 15.9 Å². The van der Waals surface area contributed by atoms with E-state index in [9.17, 15) is 18.0 Å². The van der Waals surface area contributed by atoms with Gasteiger partial charge in [-0.05, 0) is 18.2 Å². The number of anilines is 1. The van der Waals surface area contributed by atoms with Gasteiger partial charge < -0.3 is 20.5 Å². The number of hydrogen-bond donors (Lipinski definition) is 4. The highest BCUT2D eigenvalue weighted by Gasteiger charge is 2.34. The van der Waals surface area contributed by atoms with Gasteiger partial charge in [-0.15, -0.1) is 0 Å². The molecule has 0 bridgehead atoms. The van der Waals surface area contributed by atoms with Crippen LogP contribution in [0.3, 0.4) is 0 Å². The van der Waals surface area contributed by atoms with Crippen molar-refractivity contribution in [2.75, 3.05) is 31.7 Å². The Hall–Kier alpha value is -1.84. The molecule has 1 aromatic carbocycles. The van der Waals surface area contributed by atoms with Gasteiger partial charge in [-0.1, -0.05) is 0 Å². The maximum absolute atomic E-state index is 12.9. The fraction of sp³-hybridized carbons (Fsp3) is 0.417. The molecule has 0 spiro atoms. The molecule has 21 heavy (non-hydrogen) atoms. The highest BCUT2D eigenvalue weighted by atomic mass is 19.4. The summed E-state index contributed by atoms with van der Waals surface area (Å²) in [5.41, 5.74) is 0.300. The van der Waals surface area contributed by atoms with E-state index in [0.29, 0.717) is 6.07 Å². The number of nitrogens with one attached hydrogen (secondary N) is 1. The minimum atomic E-state index is -4.67. The van der Waals surface area contributed by atoms with Crippen molar-refractivity contribution >= 4 is 11.6 Å². The van der Waals surface area contributed by atoms with E-state index in [-0.39, 0.29) is 37.6 Å². The average molecular weight is 307 g/mol. The minimum absolute atomic E-state index is 0.0857. The Bertz CT molecular complexity index is 488. The monoisotopic (exact) mass is 307 g/mol. The molecule has 0 saturated carbocycles. The van der Waals surface area contributed by atoms with Crippen LogP contribution in [0.4, 0.5) is 18.9 Å². The molecule has 0 heterocycles. The molecular formula is C12H16F3N3O3. The van der Waals surface area contributed by atoms with E-state index < -0.39 is 17.6 Å². The Kier molecular flexibility index (Phi) is 5.94. The van der Waals surface area contributed by atoms with E-state index in [1.165, 1.54) is 6.07 Å². The van der Waals surface area contributed by atoms with Crippen molar-refractivity contribution < 1.29 is 28.2 Å². The first-order valence-electron chi connectivity index (χ1n) is 6.04. The Balaban J connectivity index is 3.15. The van der Waals surface area contributed by atoms with Gasteiger partial charge in [0.15, 0.2) is 0 Å². The lowest BCUT2D eigenvalue weighted by Crippen LogP contribution is -2.36. The number of rotatable bonds is 6. The van der Waals surface area contributed by atoms with Crippen LogP contribution in [0.25, 0.3) is 0 Å². The number of benzene rings is 1. The molecule has 0 radical (unpaired) electrons. The number of carbonyl (C=O) groups is 1. The van der Waals surface area contributed by atoms with Crippen molar-refractivity contribution in [2.45, 2.75) is 6.18 Å². The smallest absolute Gasteiger partial charge is 0.395 e. The molecule has 0 aliphatic heterocycles. The highest BCUT2D eigenvalue weighted by Crippen LogP contribution is 2.35. The number of hydrazine groups is 1. The van der Waals surface area contributed by atoms with Gasteiger partial charge in [-0.3, -0.25) is 10.6 Å². The maximum Gasteiger partial charge on any atom is 0.418 e. The highest BCUT2D eigenvalue weighted by molar-refractivity contribution is 5.95. The van der Waals surface area contributed by atoms with E-state index in [4.69, 9.17) is 16.1 Å². The largest absolute Gasteiger partial charge is 0.418 e. The van der Waals surface area contributed by atoms with Crippen molar-refractivity contribution in [3.8, 4) is 0 Å². The fourth-order valence-electron chi connectivity index (χ4n) is 1.78. The molecule has 1 amide bonds. The number of aliphatic hydroxyl groups excluding tert-OH is 2. The minimum Gasteiger partial charge on any atom is -0.395 e. The molecule has 6 nitrogen and oxygen atoms in total. The number of carbonyl (C=O) groups excluding carboxylic acids is 1. The van der Waals surface area contributed by atoms with Gasteiger partial charge in [0, 0.05) is 18.7 Å². The molecule has 0 unspecified atom stereocenters. The molecule has 0 atom stereocenters. The summed E-state index contributed by atoms with van der Waals surface area (Å²) in [7, 11) is 0. The number of amides is 1. The number of halogens is 3. The number of nitrogens with zero attached hydrogens (tertiary/aromatic N) is 1. The summed E-state index contributed by atoms with van der Waals surface area (Å²) < 4.78 is 38.6. The first kappa shape index (κ1) is 17.2. The average Bonchev–Trinajstić information content (AvgIpc) is 2.44. The summed E-state index contributed by atoms with van der Waals surface area (Å²) in [6, 6.07) is 2.92. The van der Waals surface area contributed by atoms with Gasteiger partial charge in [0.05, 0.1) is 24.5 Å². The first-order chi connectivity index (χ1) is 9.85. The number of aliphatic hydroxyl groups is 2. The summed E-state index contributed by atoms with van der Waals surface area (Å²) in [5, 5.41) is 17.7. The Morgan fingerprint density at radius 2 is 1.81 bits per heavy atom. The zero-order valence-electron chi connectivity index (χ0n) is 11.0. The van der Waals surface area contributed by atoms with Crippen LogP contribution in [0.2, 0.25) is 0 Å². The normalized spacial score (nSPS) is 11.3. The zero-order valence-corrected chi connectivity index (χ0v) is 11.0. The van der Waals surface area contributed by atoms with Crippen molar-refractivity contribution in [1.29, 1.82) is 0 Å². The number of alkyl halides is 3. The molecule has 1 aromatic rings.